The van der Waals surface area contributed by atoms with Crippen LogP contribution in [-0.2, 0) is 0 Å². The van der Waals surface area contributed by atoms with Crippen molar-refractivity contribution < 1.29 is 0 Å². The first-order valence-corrected chi connectivity index (χ1v) is 9.37. The van der Waals surface area contributed by atoms with E-state index < -0.39 is 0 Å². The molecule has 28 heavy (non-hydrogen) atoms. The quantitative estimate of drug-likeness (QED) is 0.279. The molecule has 0 aromatic heterocycles. The highest BCUT2D eigenvalue weighted by Crippen LogP contribution is 2.42. The third kappa shape index (κ3) is 2.67. The largest absolute Gasteiger partial charge is 0.399 e. The molecular weight excluding hydrogens is 340 g/mol. The Morgan fingerprint density at radius 1 is 0.500 bits per heavy atom. The fourth-order valence-electron chi connectivity index (χ4n) is 3.96. The first kappa shape index (κ1) is 16.4. The molecule has 0 heterocycles. The van der Waals surface area contributed by atoms with Crippen molar-refractivity contribution >= 4 is 32.9 Å². The first-order valence-electron chi connectivity index (χ1n) is 9.37. The fourth-order valence-corrected chi connectivity index (χ4v) is 3.96. The van der Waals surface area contributed by atoms with Crippen molar-refractivity contribution in [1.82, 2.24) is 0 Å². The third-order valence-corrected chi connectivity index (χ3v) is 5.31. The number of hydrogen-bond donors (Lipinski definition) is 2. The van der Waals surface area contributed by atoms with E-state index in [1.165, 1.54) is 0 Å². The number of rotatable bonds is 2. The Hall–Kier alpha value is -3.78. The van der Waals surface area contributed by atoms with Crippen LogP contribution in [0, 0.1) is 0 Å². The molecule has 0 atom stereocenters. The number of hydrogen-bond acceptors (Lipinski definition) is 2. The third-order valence-electron chi connectivity index (χ3n) is 5.31. The molecule has 0 amide bonds. The Morgan fingerprint density at radius 3 is 1.89 bits per heavy atom. The molecule has 0 spiro atoms. The van der Waals surface area contributed by atoms with Crippen LogP contribution in [0.2, 0.25) is 0 Å². The van der Waals surface area contributed by atoms with Crippen LogP contribution in [0.25, 0.3) is 43.8 Å². The van der Waals surface area contributed by atoms with E-state index in [0.717, 1.165) is 55.2 Å². The molecule has 0 radical (unpaired) electrons. The van der Waals surface area contributed by atoms with Gasteiger partial charge in [0.15, 0.2) is 0 Å². The zero-order valence-electron chi connectivity index (χ0n) is 15.4. The number of anilines is 2. The van der Waals surface area contributed by atoms with Gasteiger partial charge in [-0.2, -0.15) is 0 Å². The van der Waals surface area contributed by atoms with Gasteiger partial charge in [0.2, 0.25) is 0 Å². The van der Waals surface area contributed by atoms with Crippen LogP contribution in [-0.4, -0.2) is 0 Å². The summed E-state index contributed by atoms with van der Waals surface area (Å²) >= 11 is 0. The highest BCUT2D eigenvalue weighted by molar-refractivity contribution is 6.12. The van der Waals surface area contributed by atoms with Crippen molar-refractivity contribution in [1.29, 1.82) is 0 Å². The van der Waals surface area contributed by atoms with Crippen molar-refractivity contribution in [3.05, 3.63) is 97.1 Å². The molecule has 0 aliphatic heterocycles. The summed E-state index contributed by atoms with van der Waals surface area (Å²) in [6.07, 6.45) is 0. The van der Waals surface area contributed by atoms with Crippen LogP contribution < -0.4 is 11.5 Å². The van der Waals surface area contributed by atoms with E-state index in [-0.39, 0.29) is 0 Å². The molecular formula is C26H20N2. The Kier molecular flexibility index (Phi) is 3.77. The minimum atomic E-state index is 0.772. The van der Waals surface area contributed by atoms with Crippen LogP contribution in [0.1, 0.15) is 0 Å². The second-order valence-corrected chi connectivity index (χ2v) is 7.12. The van der Waals surface area contributed by atoms with Crippen LogP contribution in [0.5, 0.6) is 0 Å². The normalized spacial score (nSPS) is 11.1. The minimum Gasteiger partial charge on any atom is -0.399 e. The highest BCUT2D eigenvalue weighted by Gasteiger charge is 2.15. The van der Waals surface area contributed by atoms with E-state index in [2.05, 4.69) is 60.7 Å². The van der Waals surface area contributed by atoms with Crippen LogP contribution >= 0.6 is 0 Å². The van der Waals surface area contributed by atoms with Gasteiger partial charge in [-0.3, -0.25) is 0 Å². The maximum absolute atomic E-state index is 6.76. The molecule has 5 aromatic rings. The number of nitrogens with two attached hydrogens (primary N) is 2. The van der Waals surface area contributed by atoms with Gasteiger partial charge < -0.3 is 11.5 Å². The average molecular weight is 360 g/mol. The van der Waals surface area contributed by atoms with Gasteiger partial charge in [0.1, 0.15) is 0 Å². The van der Waals surface area contributed by atoms with Crippen molar-refractivity contribution in [2.75, 3.05) is 11.5 Å². The lowest BCUT2D eigenvalue weighted by Crippen LogP contribution is -1.96. The molecule has 0 aliphatic carbocycles. The summed E-state index contributed by atoms with van der Waals surface area (Å²) < 4.78 is 0. The molecule has 2 heteroatoms. The smallest absolute Gasteiger partial charge is 0.0479 e. The average Bonchev–Trinajstić information content (AvgIpc) is 2.73. The summed E-state index contributed by atoms with van der Waals surface area (Å²) in [7, 11) is 0. The topological polar surface area (TPSA) is 52.0 Å². The van der Waals surface area contributed by atoms with E-state index in [0.29, 0.717) is 0 Å². The van der Waals surface area contributed by atoms with E-state index in [9.17, 15) is 0 Å². The Labute approximate surface area is 164 Å². The summed E-state index contributed by atoms with van der Waals surface area (Å²) in [5.74, 6) is 0. The molecule has 5 aromatic carbocycles. The van der Waals surface area contributed by atoms with Crippen LogP contribution in [0.4, 0.5) is 11.4 Å². The molecule has 0 unspecified atom stereocenters. The second-order valence-electron chi connectivity index (χ2n) is 7.12. The summed E-state index contributed by atoms with van der Waals surface area (Å²) in [5, 5.41) is 4.60. The maximum Gasteiger partial charge on any atom is 0.0479 e. The van der Waals surface area contributed by atoms with Gasteiger partial charge in [-0.15, -0.1) is 0 Å². The molecule has 2 nitrogen and oxygen atoms in total. The summed E-state index contributed by atoms with van der Waals surface area (Å²) in [5.41, 5.74) is 18.7. The SMILES string of the molecule is Nc1ccc2cc3c(-c4ccccc4)c(N)c(-c4ccccc4)cc3cc2c1. The van der Waals surface area contributed by atoms with Gasteiger partial charge in [-0.1, -0.05) is 66.7 Å². The van der Waals surface area contributed by atoms with Gasteiger partial charge in [0.25, 0.3) is 0 Å². The molecule has 134 valence electrons. The lowest BCUT2D eigenvalue weighted by Gasteiger charge is -2.17. The highest BCUT2D eigenvalue weighted by atomic mass is 14.6. The molecule has 0 saturated carbocycles. The zero-order valence-corrected chi connectivity index (χ0v) is 15.4. The molecule has 0 saturated heterocycles. The zero-order chi connectivity index (χ0) is 19.1. The van der Waals surface area contributed by atoms with E-state index in [4.69, 9.17) is 11.5 Å². The molecule has 0 bridgehead atoms. The maximum atomic E-state index is 6.76. The predicted molar refractivity (Wildman–Crippen MR) is 121 cm³/mol. The van der Waals surface area contributed by atoms with Crippen molar-refractivity contribution in [2.45, 2.75) is 0 Å². The molecule has 5 rings (SSSR count). The lowest BCUT2D eigenvalue weighted by atomic mass is 9.89. The number of nitrogen functional groups attached to an aromatic ring is 2. The lowest BCUT2D eigenvalue weighted by molar-refractivity contribution is 1.61. The van der Waals surface area contributed by atoms with E-state index in [1.807, 2.05) is 36.4 Å². The minimum absolute atomic E-state index is 0.772. The van der Waals surface area contributed by atoms with Gasteiger partial charge in [0.05, 0.1) is 0 Å². The number of fused-ring (bicyclic) bond motifs is 2. The molecule has 0 aliphatic rings. The summed E-state index contributed by atoms with van der Waals surface area (Å²) in [4.78, 5) is 0. The fraction of sp³-hybridized carbons (Fsp3) is 0. The van der Waals surface area contributed by atoms with E-state index in [1.54, 1.807) is 0 Å². The summed E-state index contributed by atoms with van der Waals surface area (Å²) in [6, 6.07) is 33.3. The Balaban J connectivity index is 1.92. The van der Waals surface area contributed by atoms with Crippen LogP contribution in [0.3, 0.4) is 0 Å². The van der Waals surface area contributed by atoms with Crippen molar-refractivity contribution in [3.63, 3.8) is 0 Å². The monoisotopic (exact) mass is 360 g/mol. The predicted octanol–water partition coefficient (Wildman–Crippen LogP) is 6.49. The first-order chi connectivity index (χ1) is 13.7. The van der Waals surface area contributed by atoms with Gasteiger partial charge >= 0.3 is 0 Å². The van der Waals surface area contributed by atoms with Gasteiger partial charge in [0, 0.05) is 22.5 Å². The van der Waals surface area contributed by atoms with Crippen molar-refractivity contribution in [3.8, 4) is 22.3 Å². The Bertz CT molecular complexity index is 1310. The molecule has 0 fully saturated rings. The summed E-state index contributed by atoms with van der Waals surface area (Å²) in [6.45, 7) is 0. The van der Waals surface area contributed by atoms with Crippen LogP contribution in [0.15, 0.2) is 97.1 Å². The van der Waals surface area contributed by atoms with Gasteiger partial charge in [-0.25, -0.2) is 0 Å². The van der Waals surface area contributed by atoms with Crippen molar-refractivity contribution in [2.24, 2.45) is 0 Å². The molecule has 4 N–H and O–H groups in total. The number of benzene rings is 5. The Morgan fingerprint density at radius 2 is 1.18 bits per heavy atom. The second kappa shape index (κ2) is 6.43. The standard InChI is InChI=1S/C26H20N2/c27-22-12-11-19-15-23-21(13-20(19)14-22)16-24(17-7-3-1-4-8-17)26(28)25(23)18-9-5-2-6-10-18/h1-16H,27-28H2. The van der Waals surface area contributed by atoms with E-state index >= 15 is 0 Å². The van der Waals surface area contributed by atoms with Gasteiger partial charge in [-0.05, 0) is 63.0 Å².